The monoisotopic (exact) mass is 530 g/mol. The number of nitrogens with one attached hydrogen (secondary N) is 1. The number of thiazole rings is 1. The lowest BCUT2D eigenvalue weighted by Gasteiger charge is -2.49. The Kier molecular flexibility index (Phi) is 8.28. The van der Waals surface area contributed by atoms with Crippen LogP contribution >= 0.6 is 46.6 Å². The Morgan fingerprint density at radius 2 is 2.18 bits per heavy atom. The van der Waals surface area contributed by atoms with Gasteiger partial charge >= 0.3 is 5.97 Å². The number of oxime groups is 1. The van der Waals surface area contributed by atoms with Crippen molar-refractivity contribution < 1.29 is 29.5 Å². The molecule has 0 spiro atoms. The van der Waals surface area contributed by atoms with Gasteiger partial charge in [-0.1, -0.05) is 23.0 Å². The molecular formula is C17H18N6O6S4. The maximum atomic E-state index is 12.7. The molecule has 1 aromatic heterocycles. The van der Waals surface area contributed by atoms with Crippen molar-refractivity contribution >= 4 is 81.2 Å². The van der Waals surface area contributed by atoms with E-state index in [4.69, 9.17) is 11.5 Å². The number of thioether (sulfide) groups is 3. The molecule has 2 aliphatic rings. The fourth-order valence-corrected chi connectivity index (χ4v) is 6.44. The molecule has 0 aliphatic carbocycles. The Morgan fingerprint density at radius 3 is 2.79 bits per heavy atom. The largest absolute Gasteiger partial charge is 0.477 e. The minimum atomic E-state index is -1.26. The molecule has 0 bridgehead atoms. The zero-order chi connectivity index (χ0) is 24.1. The van der Waals surface area contributed by atoms with Crippen LogP contribution in [0.5, 0.6) is 0 Å². The number of nitrogens with two attached hydrogens (primary N) is 2. The number of carbonyl (C=O) groups is 4. The Hall–Kier alpha value is -2.69. The van der Waals surface area contributed by atoms with Gasteiger partial charge in [0.05, 0.1) is 5.75 Å². The second-order valence-corrected chi connectivity index (χ2v) is 10.5. The summed E-state index contributed by atoms with van der Waals surface area (Å²) in [4.78, 5) is 53.3. The highest BCUT2D eigenvalue weighted by Crippen LogP contribution is 2.43. The molecule has 16 heteroatoms. The average molecular weight is 531 g/mol. The molecule has 176 valence electrons. The second-order valence-electron chi connectivity index (χ2n) is 6.43. The molecule has 0 radical (unpaired) electrons. The van der Waals surface area contributed by atoms with Gasteiger partial charge in [-0.3, -0.25) is 19.3 Å². The number of anilines is 1. The highest BCUT2D eigenvalue weighted by atomic mass is 32.2. The van der Waals surface area contributed by atoms with E-state index in [9.17, 15) is 29.5 Å². The summed E-state index contributed by atoms with van der Waals surface area (Å²) in [6.45, 7) is 0. The average Bonchev–Trinajstić information content (AvgIpc) is 3.19. The number of aromatic nitrogens is 1. The maximum absolute atomic E-state index is 12.7. The van der Waals surface area contributed by atoms with Gasteiger partial charge in [-0.15, -0.1) is 34.9 Å². The van der Waals surface area contributed by atoms with E-state index in [1.165, 1.54) is 40.7 Å². The predicted molar refractivity (Wildman–Crippen MR) is 128 cm³/mol. The summed E-state index contributed by atoms with van der Waals surface area (Å²) in [5, 5.41) is 27.0. The maximum Gasteiger partial charge on any atom is 0.353 e. The van der Waals surface area contributed by atoms with E-state index in [2.05, 4.69) is 15.5 Å². The summed E-state index contributed by atoms with van der Waals surface area (Å²) in [6, 6.07) is -0.989. The van der Waals surface area contributed by atoms with E-state index in [1.807, 2.05) is 0 Å². The number of carboxylic acid groups (broad SMARTS) is 1. The molecule has 0 aromatic carbocycles. The molecule has 1 unspecified atom stereocenters. The Bertz CT molecular complexity index is 1070. The fraction of sp³-hybridized carbons (Fsp3) is 0.294. The van der Waals surface area contributed by atoms with Gasteiger partial charge in [0.2, 0.25) is 5.91 Å². The minimum Gasteiger partial charge on any atom is -0.477 e. The van der Waals surface area contributed by atoms with E-state index in [0.29, 0.717) is 16.4 Å². The van der Waals surface area contributed by atoms with Crippen LogP contribution < -0.4 is 16.8 Å². The predicted octanol–water partition coefficient (Wildman–Crippen LogP) is 0.0651. The molecule has 1 aromatic rings. The van der Waals surface area contributed by atoms with Crippen LogP contribution in [-0.2, 0) is 19.2 Å². The van der Waals surface area contributed by atoms with Crippen LogP contribution in [0.1, 0.15) is 5.69 Å². The first-order chi connectivity index (χ1) is 15.7. The van der Waals surface area contributed by atoms with Crippen LogP contribution in [0.2, 0.25) is 0 Å². The van der Waals surface area contributed by atoms with Crippen LogP contribution in [0.4, 0.5) is 5.13 Å². The van der Waals surface area contributed by atoms with E-state index >= 15 is 0 Å². The van der Waals surface area contributed by atoms with Crippen LogP contribution in [0, 0.1) is 0 Å². The van der Waals surface area contributed by atoms with Crippen molar-refractivity contribution in [3.63, 3.8) is 0 Å². The smallest absolute Gasteiger partial charge is 0.353 e. The zero-order valence-electron chi connectivity index (χ0n) is 16.7. The van der Waals surface area contributed by atoms with Crippen molar-refractivity contribution in [1.29, 1.82) is 0 Å². The Labute approximate surface area is 203 Å². The van der Waals surface area contributed by atoms with Gasteiger partial charge in [0, 0.05) is 21.8 Å². The van der Waals surface area contributed by atoms with Gasteiger partial charge in [0.25, 0.3) is 11.8 Å². The molecule has 1 saturated heterocycles. The van der Waals surface area contributed by atoms with Gasteiger partial charge in [-0.2, -0.15) is 0 Å². The van der Waals surface area contributed by atoms with Gasteiger partial charge in [0.15, 0.2) is 10.8 Å². The molecule has 12 nitrogen and oxygen atoms in total. The van der Waals surface area contributed by atoms with Gasteiger partial charge < -0.3 is 27.1 Å². The fourth-order valence-electron chi connectivity index (χ4n) is 2.90. The lowest BCUT2D eigenvalue weighted by Crippen LogP contribution is -2.71. The Morgan fingerprint density at radius 1 is 1.42 bits per heavy atom. The number of carbonyl (C=O) groups excluding carboxylic acids is 3. The van der Waals surface area contributed by atoms with Crippen LogP contribution in [-0.4, -0.2) is 78.3 Å². The third-order valence-electron chi connectivity index (χ3n) is 4.27. The van der Waals surface area contributed by atoms with Crippen molar-refractivity contribution in [3.8, 4) is 0 Å². The van der Waals surface area contributed by atoms with Crippen LogP contribution in [0.25, 0.3) is 0 Å². The molecule has 33 heavy (non-hydrogen) atoms. The number of β-lactam (4-membered cyclic amide) rings is 1. The first-order valence-corrected chi connectivity index (χ1v) is 13.0. The van der Waals surface area contributed by atoms with Gasteiger partial charge in [0.1, 0.15) is 22.8 Å². The number of nitrogen functional groups attached to an aromatic ring is 1. The summed E-state index contributed by atoms with van der Waals surface area (Å²) in [7, 11) is 0. The molecule has 3 heterocycles. The first kappa shape index (κ1) is 24.9. The molecule has 3 amide bonds. The van der Waals surface area contributed by atoms with Crippen molar-refractivity contribution in [1.82, 2.24) is 15.2 Å². The van der Waals surface area contributed by atoms with E-state index in [1.54, 1.807) is 11.5 Å². The lowest BCUT2D eigenvalue weighted by molar-refractivity contribution is -0.150. The number of primary amides is 1. The molecule has 1 fully saturated rings. The molecule has 2 aliphatic heterocycles. The van der Waals surface area contributed by atoms with E-state index in [-0.39, 0.29) is 22.3 Å². The van der Waals surface area contributed by atoms with E-state index in [0.717, 1.165) is 16.2 Å². The van der Waals surface area contributed by atoms with Crippen molar-refractivity contribution in [2.45, 2.75) is 11.4 Å². The number of hydrogen-bond acceptors (Lipinski definition) is 12. The number of aliphatic carboxylic acids is 1. The number of amides is 3. The Balaban J connectivity index is 1.66. The minimum absolute atomic E-state index is 0.0583. The number of nitrogens with zero attached hydrogens (tertiary/aromatic N) is 3. The quantitative estimate of drug-likeness (QED) is 0.0900. The summed E-state index contributed by atoms with van der Waals surface area (Å²) < 4.78 is 0. The van der Waals surface area contributed by atoms with Crippen LogP contribution in [0.15, 0.2) is 32.6 Å². The first-order valence-electron chi connectivity index (χ1n) is 9.07. The SMILES string of the molecule is NC(=O)CSC/C=C\SC1=C(C(=O)O)N2C(=O)C(NC(=O)/C(=N\O)c3csc(N)n3)[C@H]2SC1. The van der Waals surface area contributed by atoms with E-state index < -0.39 is 40.8 Å². The van der Waals surface area contributed by atoms with Gasteiger partial charge in [-0.05, 0) is 5.41 Å². The highest BCUT2D eigenvalue weighted by Gasteiger charge is 2.54. The standard InChI is InChI=1S/C17H18N6O6S4/c18-9(24)6-30-2-1-3-31-8-5-32-15-11(14(26)23(15)12(8)16(27)28)21-13(25)10(22-29)7-4-33-17(19)20-7/h1,3-4,11,15,29H,2,5-6H2,(H2,18,24)(H2,19,20)(H,21,25)(H,27,28)/b3-1-,22-10-/t11?,15-/m1/s1. The number of rotatable bonds is 10. The van der Waals surface area contributed by atoms with Gasteiger partial charge in [-0.25, -0.2) is 9.78 Å². The van der Waals surface area contributed by atoms with Crippen molar-refractivity contribution in [3.05, 3.63) is 33.2 Å². The second kappa shape index (κ2) is 11.0. The number of hydrogen-bond donors (Lipinski definition) is 5. The molecule has 2 atom stereocenters. The topological polar surface area (TPSA) is 201 Å². The molecule has 7 N–H and O–H groups in total. The van der Waals surface area contributed by atoms with Crippen molar-refractivity contribution in [2.24, 2.45) is 10.9 Å². The molecular weight excluding hydrogens is 512 g/mol. The summed E-state index contributed by atoms with van der Waals surface area (Å²) in [5.41, 5.74) is 10.1. The number of fused-ring (bicyclic) bond motifs is 1. The summed E-state index contributed by atoms with van der Waals surface area (Å²) in [5.74, 6) is -2.08. The van der Waals surface area contributed by atoms with Crippen LogP contribution in [0.3, 0.4) is 0 Å². The summed E-state index contributed by atoms with van der Waals surface area (Å²) in [6.07, 6.45) is 1.77. The highest BCUT2D eigenvalue weighted by molar-refractivity contribution is 8.08. The molecule has 0 saturated carbocycles. The normalized spacial score (nSPS) is 20.5. The third kappa shape index (κ3) is 5.63. The zero-order valence-corrected chi connectivity index (χ0v) is 19.9. The summed E-state index contributed by atoms with van der Waals surface area (Å²) >= 11 is 4.85. The number of carboxylic acids is 1. The third-order valence-corrected chi connectivity index (χ3v) is 8.27. The lowest BCUT2D eigenvalue weighted by atomic mass is 10.0. The van der Waals surface area contributed by atoms with Crippen molar-refractivity contribution in [2.75, 3.05) is 23.0 Å². The molecule has 3 rings (SSSR count).